The second-order valence-corrected chi connectivity index (χ2v) is 5.14. The van der Waals surface area contributed by atoms with Crippen molar-refractivity contribution in [2.24, 2.45) is 0 Å². The van der Waals surface area contributed by atoms with Crippen LogP contribution in [0.3, 0.4) is 0 Å². The third kappa shape index (κ3) is 3.12. The Bertz CT molecular complexity index is 535. The fourth-order valence-corrected chi connectivity index (χ4v) is 2.28. The SMILES string of the molecule is Cc1cnc(CN2CC=C(C(F)(F)F)CC2)c(C)c1N. The molecule has 0 aliphatic carbocycles. The Kier molecular flexibility index (Phi) is 4.04. The van der Waals surface area contributed by atoms with E-state index in [9.17, 15) is 13.2 Å². The van der Waals surface area contributed by atoms with Crippen molar-refractivity contribution in [3.05, 3.63) is 34.7 Å². The van der Waals surface area contributed by atoms with Crippen LogP contribution in [0, 0.1) is 13.8 Å². The molecule has 20 heavy (non-hydrogen) atoms. The standard InChI is InChI=1S/C14H18F3N3/c1-9-7-19-12(10(2)13(9)18)8-20-5-3-11(4-6-20)14(15,16)17/h3,7H,4-6,8H2,1-2H3,(H2,18,19). The van der Waals surface area contributed by atoms with Crippen molar-refractivity contribution in [1.29, 1.82) is 0 Å². The van der Waals surface area contributed by atoms with Gasteiger partial charge in [-0.05, 0) is 31.4 Å². The lowest BCUT2D eigenvalue weighted by Gasteiger charge is -2.27. The molecule has 0 fully saturated rings. The van der Waals surface area contributed by atoms with Crippen LogP contribution in [0.4, 0.5) is 18.9 Å². The topological polar surface area (TPSA) is 42.2 Å². The number of rotatable bonds is 2. The molecule has 1 aliphatic rings. The van der Waals surface area contributed by atoms with Crippen LogP contribution in [-0.4, -0.2) is 29.1 Å². The minimum atomic E-state index is -4.20. The van der Waals surface area contributed by atoms with Gasteiger partial charge in [0.1, 0.15) is 0 Å². The molecule has 110 valence electrons. The van der Waals surface area contributed by atoms with Crippen molar-refractivity contribution in [3.63, 3.8) is 0 Å². The van der Waals surface area contributed by atoms with Crippen molar-refractivity contribution >= 4 is 5.69 Å². The number of aromatic nitrogens is 1. The van der Waals surface area contributed by atoms with Gasteiger partial charge in [-0.1, -0.05) is 6.08 Å². The summed E-state index contributed by atoms with van der Waals surface area (Å²) in [6.07, 6.45) is -1.20. The Morgan fingerprint density at radius 1 is 1.35 bits per heavy atom. The highest BCUT2D eigenvalue weighted by Crippen LogP contribution is 2.30. The quantitative estimate of drug-likeness (QED) is 0.849. The van der Waals surface area contributed by atoms with Crippen molar-refractivity contribution in [2.75, 3.05) is 18.8 Å². The molecule has 0 saturated carbocycles. The first-order chi connectivity index (χ1) is 9.29. The maximum Gasteiger partial charge on any atom is 0.412 e. The molecular weight excluding hydrogens is 267 g/mol. The van der Waals surface area contributed by atoms with E-state index in [1.54, 1.807) is 6.20 Å². The molecule has 2 heterocycles. The summed E-state index contributed by atoms with van der Waals surface area (Å²) in [4.78, 5) is 6.28. The summed E-state index contributed by atoms with van der Waals surface area (Å²) in [7, 11) is 0. The van der Waals surface area contributed by atoms with E-state index in [4.69, 9.17) is 5.73 Å². The number of aryl methyl sites for hydroxylation is 1. The lowest BCUT2D eigenvalue weighted by atomic mass is 10.1. The first-order valence-electron chi connectivity index (χ1n) is 6.48. The van der Waals surface area contributed by atoms with Gasteiger partial charge in [-0.2, -0.15) is 13.2 Å². The van der Waals surface area contributed by atoms with Gasteiger partial charge in [0.2, 0.25) is 0 Å². The average molecular weight is 285 g/mol. The number of alkyl halides is 3. The van der Waals surface area contributed by atoms with Crippen LogP contribution >= 0.6 is 0 Å². The Morgan fingerprint density at radius 2 is 2.05 bits per heavy atom. The molecule has 0 unspecified atom stereocenters. The molecule has 2 rings (SSSR count). The summed E-state index contributed by atoms with van der Waals surface area (Å²) in [6.45, 7) is 4.99. The smallest absolute Gasteiger partial charge is 0.398 e. The summed E-state index contributed by atoms with van der Waals surface area (Å²) >= 11 is 0. The van der Waals surface area contributed by atoms with Crippen molar-refractivity contribution in [2.45, 2.75) is 33.0 Å². The van der Waals surface area contributed by atoms with Crippen LogP contribution in [0.2, 0.25) is 0 Å². The maximum atomic E-state index is 12.5. The highest BCUT2D eigenvalue weighted by molar-refractivity contribution is 5.53. The highest BCUT2D eigenvalue weighted by Gasteiger charge is 2.34. The van der Waals surface area contributed by atoms with Crippen LogP contribution in [-0.2, 0) is 6.54 Å². The lowest BCUT2D eigenvalue weighted by Crippen LogP contribution is -2.32. The number of hydrogen-bond acceptors (Lipinski definition) is 3. The number of pyridine rings is 1. The van der Waals surface area contributed by atoms with Gasteiger partial charge in [-0.15, -0.1) is 0 Å². The van der Waals surface area contributed by atoms with Crippen LogP contribution in [0.25, 0.3) is 0 Å². The van der Waals surface area contributed by atoms with Gasteiger partial charge in [-0.25, -0.2) is 0 Å². The maximum absolute atomic E-state index is 12.5. The van der Waals surface area contributed by atoms with E-state index in [1.165, 1.54) is 6.08 Å². The van der Waals surface area contributed by atoms with E-state index in [1.807, 2.05) is 18.7 Å². The van der Waals surface area contributed by atoms with Crippen LogP contribution < -0.4 is 5.73 Å². The molecule has 0 bridgehead atoms. The highest BCUT2D eigenvalue weighted by atomic mass is 19.4. The van der Waals surface area contributed by atoms with E-state index in [0.717, 1.165) is 16.8 Å². The number of hydrogen-bond donors (Lipinski definition) is 1. The van der Waals surface area contributed by atoms with Gasteiger partial charge in [-0.3, -0.25) is 9.88 Å². The fourth-order valence-electron chi connectivity index (χ4n) is 2.28. The Hall–Kier alpha value is -1.56. The third-order valence-electron chi connectivity index (χ3n) is 3.71. The van der Waals surface area contributed by atoms with Gasteiger partial charge in [0.15, 0.2) is 0 Å². The molecule has 3 nitrogen and oxygen atoms in total. The molecular formula is C14H18F3N3. The lowest BCUT2D eigenvalue weighted by molar-refractivity contribution is -0.0960. The fraction of sp³-hybridized carbons (Fsp3) is 0.500. The summed E-state index contributed by atoms with van der Waals surface area (Å²) in [5.74, 6) is 0. The number of nitrogens with two attached hydrogens (primary N) is 1. The monoisotopic (exact) mass is 285 g/mol. The summed E-state index contributed by atoms with van der Waals surface area (Å²) in [6, 6.07) is 0. The van der Waals surface area contributed by atoms with Crippen LogP contribution in [0.1, 0.15) is 23.2 Å². The molecule has 0 radical (unpaired) electrons. The number of nitrogen functional groups attached to an aromatic ring is 1. The molecule has 0 atom stereocenters. The molecule has 2 N–H and O–H groups in total. The Balaban J connectivity index is 2.07. The second-order valence-electron chi connectivity index (χ2n) is 5.14. The molecule has 1 aromatic rings. The van der Waals surface area contributed by atoms with Crippen LogP contribution in [0.15, 0.2) is 17.8 Å². The summed E-state index contributed by atoms with van der Waals surface area (Å²) in [5.41, 5.74) is 8.89. The minimum absolute atomic E-state index is 0.0316. The molecule has 0 aromatic carbocycles. The van der Waals surface area contributed by atoms with Crippen molar-refractivity contribution < 1.29 is 13.2 Å². The largest absolute Gasteiger partial charge is 0.412 e. The van der Waals surface area contributed by atoms with Crippen LogP contribution in [0.5, 0.6) is 0 Å². The second kappa shape index (κ2) is 5.44. The number of nitrogens with zero attached hydrogens (tertiary/aromatic N) is 2. The van der Waals surface area contributed by atoms with E-state index in [0.29, 0.717) is 25.3 Å². The molecule has 0 spiro atoms. The predicted octanol–water partition coefficient (Wildman–Crippen LogP) is 2.98. The molecule has 1 aromatic heterocycles. The number of anilines is 1. The summed E-state index contributed by atoms with van der Waals surface area (Å²) < 4.78 is 37.6. The van der Waals surface area contributed by atoms with Gasteiger partial charge >= 0.3 is 6.18 Å². The molecule has 6 heteroatoms. The van der Waals surface area contributed by atoms with Crippen molar-refractivity contribution in [1.82, 2.24) is 9.88 Å². The van der Waals surface area contributed by atoms with E-state index < -0.39 is 11.7 Å². The molecule has 0 saturated heterocycles. The Labute approximate surface area is 116 Å². The zero-order valence-electron chi connectivity index (χ0n) is 11.6. The normalized spacial score (nSPS) is 17.1. The zero-order valence-corrected chi connectivity index (χ0v) is 11.6. The van der Waals surface area contributed by atoms with E-state index in [-0.39, 0.29) is 6.42 Å². The first-order valence-corrected chi connectivity index (χ1v) is 6.48. The van der Waals surface area contributed by atoms with Gasteiger partial charge in [0, 0.05) is 37.1 Å². The van der Waals surface area contributed by atoms with Gasteiger partial charge in [0.25, 0.3) is 0 Å². The van der Waals surface area contributed by atoms with E-state index in [2.05, 4.69) is 4.98 Å². The minimum Gasteiger partial charge on any atom is -0.398 e. The van der Waals surface area contributed by atoms with E-state index >= 15 is 0 Å². The first kappa shape index (κ1) is 14.8. The summed E-state index contributed by atoms with van der Waals surface area (Å²) in [5, 5.41) is 0. The Morgan fingerprint density at radius 3 is 2.60 bits per heavy atom. The van der Waals surface area contributed by atoms with Crippen molar-refractivity contribution in [3.8, 4) is 0 Å². The number of halogens is 3. The molecule has 1 aliphatic heterocycles. The predicted molar refractivity (Wildman–Crippen MR) is 72.2 cm³/mol. The van der Waals surface area contributed by atoms with Gasteiger partial charge in [0.05, 0.1) is 5.69 Å². The third-order valence-corrected chi connectivity index (χ3v) is 3.71. The molecule has 0 amide bonds. The van der Waals surface area contributed by atoms with Gasteiger partial charge < -0.3 is 5.73 Å². The average Bonchev–Trinajstić information content (AvgIpc) is 2.39. The zero-order chi connectivity index (χ0) is 14.9.